The molecule has 1 saturated carbocycles. The first kappa shape index (κ1) is 18.7. The molecule has 0 radical (unpaired) electrons. The van der Waals surface area contributed by atoms with Crippen LogP contribution in [0.5, 0.6) is 0 Å². The summed E-state index contributed by atoms with van der Waals surface area (Å²) in [5.74, 6) is -1.01. The van der Waals surface area contributed by atoms with E-state index in [9.17, 15) is 19.7 Å². The van der Waals surface area contributed by atoms with Crippen LogP contribution in [-0.2, 0) is 9.59 Å². The minimum absolute atomic E-state index is 0.123. The molecule has 144 valence electrons. The zero-order valence-corrected chi connectivity index (χ0v) is 16.3. The number of nitro groups is 1. The third-order valence-electron chi connectivity index (χ3n) is 5.44. The topological polar surface area (TPSA) is 80.5 Å². The van der Waals surface area contributed by atoms with Crippen molar-refractivity contribution >= 4 is 35.0 Å². The fraction of sp³-hybridized carbons (Fsp3) is 0.333. The van der Waals surface area contributed by atoms with Crippen LogP contribution in [0.25, 0.3) is 0 Å². The molecule has 2 unspecified atom stereocenters. The normalized spacial score (nSPS) is 21.7. The molecule has 4 rings (SSSR count). The van der Waals surface area contributed by atoms with E-state index in [0.717, 1.165) is 23.3 Å². The van der Waals surface area contributed by atoms with Crippen LogP contribution < -0.4 is 4.90 Å². The second kappa shape index (κ2) is 7.39. The largest absolute Gasteiger partial charge is 0.274 e. The standard InChI is InChI=1S/C21H20N2O4S/c1-13-6-8-16(9-7-13)28-17-11-14(10-15(12-17)23(26)27)22-20(24)18-4-2-3-5-19(18)21(22)25/h6-12,18-19H,2-5H2,1H3. The van der Waals surface area contributed by atoms with Gasteiger partial charge in [-0.1, -0.05) is 42.3 Å². The Morgan fingerprint density at radius 3 is 2.14 bits per heavy atom. The Hall–Kier alpha value is -2.67. The van der Waals surface area contributed by atoms with Gasteiger partial charge < -0.3 is 0 Å². The van der Waals surface area contributed by atoms with Crippen molar-refractivity contribution in [3.8, 4) is 0 Å². The van der Waals surface area contributed by atoms with Crippen LogP contribution in [-0.4, -0.2) is 16.7 Å². The van der Waals surface area contributed by atoms with Gasteiger partial charge in [0.25, 0.3) is 5.69 Å². The minimum Gasteiger partial charge on any atom is -0.274 e. The van der Waals surface area contributed by atoms with Crippen LogP contribution in [0.3, 0.4) is 0 Å². The summed E-state index contributed by atoms with van der Waals surface area (Å²) in [5.41, 5.74) is 1.30. The Morgan fingerprint density at radius 2 is 1.57 bits per heavy atom. The molecule has 0 aromatic heterocycles. The van der Waals surface area contributed by atoms with Crippen LogP contribution in [0.1, 0.15) is 31.2 Å². The Balaban J connectivity index is 1.71. The van der Waals surface area contributed by atoms with Gasteiger partial charge >= 0.3 is 0 Å². The van der Waals surface area contributed by atoms with Gasteiger partial charge in [-0.2, -0.15) is 0 Å². The fourth-order valence-electron chi connectivity index (χ4n) is 4.02. The number of rotatable bonds is 4. The second-order valence-corrected chi connectivity index (χ2v) is 8.51. The summed E-state index contributed by atoms with van der Waals surface area (Å²) in [6, 6.07) is 12.3. The molecule has 2 amide bonds. The molecule has 6 nitrogen and oxygen atoms in total. The maximum atomic E-state index is 12.9. The Morgan fingerprint density at radius 1 is 0.964 bits per heavy atom. The van der Waals surface area contributed by atoms with E-state index < -0.39 is 4.92 Å². The van der Waals surface area contributed by atoms with Crippen molar-refractivity contribution in [3.05, 3.63) is 58.1 Å². The highest BCUT2D eigenvalue weighted by atomic mass is 32.2. The van der Waals surface area contributed by atoms with Gasteiger partial charge in [-0.25, -0.2) is 4.90 Å². The molecule has 1 heterocycles. The van der Waals surface area contributed by atoms with Crippen molar-refractivity contribution in [2.24, 2.45) is 11.8 Å². The van der Waals surface area contributed by atoms with Crippen molar-refractivity contribution in [3.63, 3.8) is 0 Å². The fourth-order valence-corrected chi connectivity index (χ4v) is 4.92. The van der Waals surface area contributed by atoms with Gasteiger partial charge in [0.05, 0.1) is 22.4 Å². The van der Waals surface area contributed by atoms with Gasteiger partial charge in [0.1, 0.15) is 0 Å². The number of imide groups is 1. The van der Waals surface area contributed by atoms with Crippen LogP contribution >= 0.6 is 11.8 Å². The maximum Gasteiger partial charge on any atom is 0.272 e. The summed E-state index contributed by atoms with van der Waals surface area (Å²) in [6.45, 7) is 1.99. The lowest BCUT2D eigenvalue weighted by Crippen LogP contribution is -2.30. The Kier molecular flexibility index (Phi) is 4.93. The van der Waals surface area contributed by atoms with Crippen LogP contribution in [0, 0.1) is 28.9 Å². The molecule has 0 bridgehead atoms. The molecular weight excluding hydrogens is 376 g/mol. The average molecular weight is 396 g/mol. The Labute approximate surface area is 167 Å². The first-order valence-corrected chi connectivity index (χ1v) is 10.2. The molecule has 2 atom stereocenters. The number of carbonyl (C=O) groups is 2. The van der Waals surface area contributed by atoms with Crippen molar-refractivity contribution in [2.75, 3.05) is 4.90 Å². The third-order valence-corrected chi connectivity index (χ3v) is 6.42. The van der Waals surface area contributed by atoms with Crippen molar-refractivity contribution < 1.29 is 14.5 Å². The van der Waals surface area contributed by atoms with E-state index in [4.69, 9.17) is 0 Å². The van der Waals surface area contributed by atoms with E-state index in [2.05, 4.69) is 0 Å². The van der Waals surface area contributed by atoms with Crippen LogP contribution in [0.2, 0.25) is 0 Å². The summed E-state index contributed by atoms with van der Waals surface area (Å²) < 4.78 is 0. The molecule has 2 fully saturated rings. The highest BCUT2D eigenvalue weighted by Crippen LogP contribution is 2.42. The molecule has 0 spiro atoms. The Bertz CT molecular complexity index is 933. The summed E-state index contributed by atoms with van der Waals surface area (Å²) in [7, 11) is 0. The number of anilines is 1. The quantitative estimate of drug-likeness (QED) is 0.424. The maximum absolute atomic E-state index is 12.9. The molecule has 2 aliphatic rings. The summed E-state index contributed by atoms with van der Waals surface area (Å²) in [6.07, 6.45) is 3.31. The zero-order chi connectivity index (χ0) is 19.8. The number of fused-ring (bicyclic) bond motifs is 1. The molecule has 0 N–H and O–H groups in total. The van der Waals surface area contributed by atoms with Gasteiger partial charge in [0.15, 0.2) is 0 Å². The number of benzene rings is 2. The van der Waals surface area contributed by atoms with Gasteiger partial charge in [0, 0.05) is 21.9 Å². The lowest BCUT2D eigenvalue weighted by Gasteiger charge is -2.19. The number of aryl methyl sites for hydroxylation is 1. The minimum atomic E-state index is -0.485. The van der Waals surface area contributed by atoms with Crippen molar-refractivity contribution in [1.29, 1.82) is 0 Å². The molecule has 1 saturated heterocycles. The molecular formula is C21H20N2O4S. The number of hydrogen-bond acceptors (Lipinski definition) is 5. The van der Waals surface area contributed by atoms with E-state index in [0.29, 0.717) is 23.4 Å². The highest BCUT2D eigenvalue weighted by molar-refractivity contribution is 7.99. The number of non-ortho nitro benzene ring substituents is 1. The monoisotopic (exact) mass is 396 g/mol. The SMILES string of the molecule is Cc1ccc(Sc2cc(N3C(=O)C4CCCCC4C3=O)cc([N+](=O)[O-])c2)cc1. The summed E-state index contributed by atoms with van der Waals surface area (Å²) in [4.78, 5) is 39.4. The predicted octanol–water partition coefficient (Wildman–Crippen LogP) is 4.73. The molecule has 28 heavy (non-hydrogen) atoms. The zero-order valence-electron chi connectivity index (χ0n) is 15.5. The number of hydrogen-bond donors (Lipinski definition) is 0. The lowest BCUT2D eigenvalue weighted by atomic mass is 9.81. The van der Waals surface area contributed by atoms with E-state index in [1.54, 1.807) is 6.07 Å². The predicted molar refractivity (Wildman–Crippen MR) is 106 cm³/mol. The van der Waals surface area contributed by atoms with Crippen molar-refractivity contribution in [1.82, 2.24) is 0 Å². The van der Waals surface area contributed by atoms with Gasteiger partial charge in [-0.05, 0) is 38.0 Å². The average Bonchev–Trinajstić information content (AvgIpc) is 2.94. The molecule has 1 aliphatic heterocycles. The van der Waals surface area contributed by atoms with E-state index >= 15 is 0 Å². The van der Waals surface area contributed by atoms with E-state index in [-0.39, 0.29) is 29.3 Å². The van der Waals surface area contributed by atoms with Crippen LogP contribution in [0.15, 0.2) is 52.3 Å². The first-order chi connectivity index (χ1) is 13.4. The number of amides is 2. The molecule has 7 heteroatoms. The lowest BCUT2D eigenvalue weighted by molar-refractivity contribution is -0.385. The number of nitro benzene ring substituents is 1. The smallest absolute Gasteiger partial charge is 0.272 e. The second-order valence-electron chi connectivity index (χ2n) is 7.37. The first-order valence-electron chi connectivity index (χ1n) is 9.36. The van der Waals surface area contributed by atoms with Gasteiger partial charge in [-0.15, -0.1) is 0 Å². The third kappa shape index (κ3) is 3.42. The van der Waals surface area contributed by atoms with Gasteiger partial charge in [0.2, 0.25) is 11.8 Å². The molecule has 1 aliphatic carbocycles. The van der Waals surface area contributed by atoms with Crippen molar-refractivity contribution in [2.45, 2.75) is 42.4 Å². The highest BCUT2D eigenvalue weighted by Gasteiger charge is 2.49. The van der Waals surface area contributed by atoms with Crippen LogP contribution in [0.4, 0.5) is 11.4 Å². The number of nitrogens with zero attached hydrogens (tertiary/aromatic N) is 2. The van der Waals surface area contributed by atoms with E-state index in [1.807, 2.05) is 31.2 Å². The van der Waals surface area contributed by atoms with E-state index in [1.165, 1.54) is 28.8 Å². The molecule has 2 aromatic carbocycles. The molecule has 2 aromatic rings. The summed E-state index contributed by atoms with van der Waals surface area (Å²) in [5, 5.41) is 11.4. The number of carbonyl (C=O) groups excluding carboxylic acids is 2. The van der Waals surface area contributed by atoms with Gasteiger partial charge in [-0.3, -0.25) is 19.7 Å². The summed E-state index contributed by atoms with van der Waals surface area (Å²) >= 11 is 1.38.